The van der Waals surface area contributed by atoms with Crippen LogP contribution in [-0.4, -0.2) is 41.1 Å². The van der Waals surface area contributed by atoms with E-state index in [-0.39, 0.29) is 17.2 Å². The fourth-order valence-corrected chi connectivity index (χ4v) is 3.78. The zero-order valence-electron chi connectivity index (χ0n) is 12.1. The topological polar surface area (TPSA) is 52.6 Å². The van der Waals surface area contributed by atoms with E-state index in [1.165, 1.54) is 0 Å². The van der Waals surface area contributed by atoms with Crippen LogP contribution in [0.2, 0.25) is 0 Å². The maximum atomic E-state index is 12.6. The van der Waals surface area contributed by atoms with E-state index in [2.05, 4.69) is 19.2 Å². The first-order valence-corrected chi connectivity index (χ1v) is 7.27. The molecule has 108 valence electrons. The highest BCUT2D eigenvalue weighted by Gasteiger charge is 2.50. The lowest BCUT2D eigenvalue weighted by Gasteiger charge is -2.35. The average Bonchev–Trinajstić information content (AvgIpc) is 2.92. The third-order valence-electron chi connectivity index (χ3n) is 4.93. The van der Waals surface area contributed by atoms with E-state index < -0.39 is 0 Å². The van der Waals surface area contributed by atoms with Crippen LogP contribution < -0.4 is 5.32 Å². The Bertz CT molecular complexity index is 527. The molecule has 2 unspecified atom stereocenters. The zero-order chi connectivity index (χ0) is 14.3. The Morgan fingerprint density at radius 1 is 1.45 bits per heavy atom. The van der Waals surface area contributed by atoms with Crippen molar-refractivity contribution in [1.29, 1.82) is 0 Å². The van der Waals surface area contributed by atoms with Crippen molar-refractivity contribution in [3.8, 4) is 5.75 Å². The first kappa shape index (κ1) is 13.4. The number of fused-ring (bicyclic) bond motifs is 1. The number of likely N-dealkylation sites (tertiary alicyclic amines) is 1. The van der Waals surface area contributed by atoms with Gasteiger partial charge in [0.1, 0.15) is 5.75 Å². The van der Waals surface area contributed by atoms with E-state index in [1.54, 1.807) is 18.2 Å². The summed E-state index contributed by atoms with van der Waals surface area (Å²) >= 11 is 0. The normalized spacial score (nSPS) is 27.6. The molecule has 2 heterocycles. The monoisotopic (exact) mass is 274 g/mol. The van der Waals surface area contributed by atoms with Crippen molar-refractivity contribution < 1.29 is 9.90 Å². The summed E-state index contributed by atoms with van der Waals surface area (Å²) in [4.78, 5) is 14.6. The Hall–Kier alpha value is -1.55. The molecule has 0 spiro atoms. The third-order valence-corrected chi connectivity index (χ3v) is 4.93. The molecule has 4 heteroatoms. The van der Waals surface area contributed by atoms with Gasteiger partial charge in [0.15, 0.2) is 0 Å². The quantitative estimate of drug-likeness (QED) is 0.857. The van der Waals surface area contributed by atoms with Crippen molar-refractivity contribution in [2.75, 3.05) is 19.6 Å². The molecule has 0 aromatic heterocycles. The van der Waals surface area contributed by atoms with Gasteiger partial charge in [0.25, 0.3) is 0 Å². The molecule has 0 radical (unpaired) electrons. The lowest BCUT2D eigenvalue weighted by molar-refractivity contribution is -0.134. The van der Waals surface area contributed by atoms with Crippen molar-refractivity contribution in [2.24, 2.45) is 11.8 Å². The summed E-state index contributed by atoms with van der Waals surface area (Å²) in [5.41, 5.74) is 0.795. The molecule has 0 bridgehead atoms. The zero-order valence-corrected chi connectivity index (χ0v) is 12.1. The number of nitrogens with one attached hydrogen (secondary N) is 1. The number of hydrogen-bond acceptors (Lipinski definition) is 3. The molecule has 2 aliphatic heterocycles. The molecule has 2 N–H and O–H groups in total. The maximum absolute atomic E-state index is 12.6. The van der Waals surface area contributed by atoms with Crippen LogP contribution in [0.3, 0.4) is 0 Å². The maximum Gasteiger partial charge on any atom is 0.227 e. The summed E-state index contributed by atoms with van der Waals surface area (Å²) in [6.45, 7) is 7.22. The number of amides is 1. The Morgan fingerprint density at radius 2 is 2.25 bits per heavy atom. The van der Waals surface area contributed by atoms with Crippen molar-refractivity contribution in [2.45, 2.75) is 25.8 Å². The Labute approximate surface area is 119 Å². The van der Waals surface area contributed by atoms with Gasteiger partial charge in [-0.05, 0) is 43.4 Å². The van der Waals surface area contributed by atoms with Crippen LogP contribution in [0.15, 0.2) is 24.3 Å². The lowest BCUT2D eigenvalue weighted by atomic mass is 9.85. The van der Waals surface area contributed by atoms with Crippen molar-refractivity contribution in [3.05, 3.63) is 29.8 Å². The fraction of sp³-hybridized carbons (Fsp3) is 0.562. The fourth-order valence-electron chi connectivity index (χ4n) is 3.78. The molecule has 2 fully saturated rings. The van der Waals surface area contributed by atoms with Gasteiger partial charge in [0.2, 0.25) is 5.91 Å². The molecule has 1 aromatic rings. The molecule has 1 amide bonds. The van der Waals surface area contributed by atoms with Gasteiger partial charge in [-0.2, -0.15) is 0 Å². The van der Waals surface area contributed by atoms with E-state index >= 15 is 0 Å². The molecule has 0 aliphatic carbocycles. The number of phenols is 1. The van der Waals surface area contributed by atoms with Crippen LogP contribution in [-0.2, 0) is 11.2 Å². The predicted octanol–water partition coefficient (Wildman–Crippen LogP) is 1.39. The van der Waals surface area contributed by atoms with Crippen LogP contribution in [0, 0.1) is 11.8 Å². The third kappa shape index (κ3) is 2.18. The first-order chi connectivity index (χ1) is 9.48. The second-order valence-corrected chi connectivity index (χ2v) is 6.53. The highest BCUT2D eigenvalue weighted by Crippen LogP contribution is 2.40. The molecular weight excluding hydrogens is 252 g/mol. The number of carbonyl (C=O) groups is 1. The number of rotatable bonds is 2. The number of hydrogen-bond donors (Lipinski definition) is 2. The number of aromatic hydroxyl groups is 1. The summed E-state index contributed by atoms with van der Waals surface area (Å²) in [7, 11) is 0. The molecule has 2 aliphatic rings. The molecular formula is C16H22N2O2. The summed E-state index contributed by atoms with van der Waals surface area (Å²) in [6.07, 6.45) is 0.366. The van der Waals surface area contributed by atoms with Crippen molar-refractivity contribution in [3.63, 3.8) is 0 Å². The van der Waals surface area contributed by atoms with Gasteiger partial charge < -0.3 is 15.3 Å². The van der Waals surface area contributed by atoms with Crippen LogP contribution in [0.5, 0.6) is 5.75 Å². The largest absolute Gasteiger partial charge is 0.508 e. The van der Waals surface area contributed by atoms with Gasteiger partial charge >= 0.3 is 0 Å². The minimum atomic E-state index is -0.0813. The summed E-state index contributed by atoms with van der Waals surface area (Å²) in [5, 5.41) is 12.9. The molecule has 20 heavy (non-hydrogen) atoms. The molecule has 3 rings (SSSR count). The average molecular weight is 274 g/mol. The van der Waals surface area contributed by atoms with Gasteiger partial charge in [-0.15, -0.1) is 0 Å². The Kier molecular flexibility index (Phi) is 3.21. The van der Waals surface area contributed by atoms with Crippen LogP contribution >= 0.6 is 0 Å². The lowest BCUT2D eigenvalue weighted by Crippen LogP contribution is -2.48. The SMILES string of the molecule is CC1(C)C2CNCC2CN1C(=O)Cc1cccc(O)c1. The van der Waals surface area contributed by atoms with Crippen LogP contribution in [0.25, 0.3) is 0 Å². The number of benzene rings is 1. The predicted molar refractivity (Wildman–Crippen MR) is 77.5 cm³/mol. The van der Waals surface area contributed by atoms with Gasteiger partial charge in [-0.1, -0.05) is 12.1 Å². The molecule has 1 aromatic carbocycles. The minimum Gasteiger partial charge on any atom is -0.508 e. The minimum absolute atomic E-state index is 0.0813. The standard InChI is InChI=1S/C16H22N2O2/c1-16(2)14-9-17-8-12(14)10-18(16)15(20)7-11-4-3-5-13(19)6-11/h3-6,12,14,17,19H,7-10H2,1-2H3. The van der Waals surface area contributed by atoms with E-state index in [9.17, 15) is 9.90 Å². The first-order valence-electron chi connectivity index (χ1n) is 7.27. The number of nitrogens with zero attached hydrogens (tertiary/aromatic N) is 1. The van der Waals surface area contributed by atoms with Gasteiger partial charge in [0, 0.05) is 25.2 Å². The van der Waals surface area contributed by atoms with E-state index in [0.717, 1.165) is 25.2 Å². The van der Waals surface area contributed by atoms with Crippen molar-refractivity contribution in [1.82, 2.24) is 10.2 Å². The molecule has 2 saturated heterocycles. The van der Waals surface area contributed by atoms with E-state index in [0.29, 0.717) is 18.3 Å². The van der Waals surface area contributed by atoms with Crippen LogP contribution in [0.4, 0.5) is 0 Å². The summed E-state index contributed by atoms with van der Waals surface area (Å²) in [5.74, 6) is 1.51. The molecule has 0 saturated carbocycles. The summed E-state index contributed by atoms with van der Waals surface area (Å²) in [6, 6.07) is 6.97. The number of carbonyl (C=O) groups excluding carboxylic acids is 1. The highest BCUT2D eigenvalue weighted by atomic mass is 16.3. The van der Waals surface area contributed by atoms with Crippen molar-refractivity contribution >= 4 is 5.91 Å². The second kappa shape index (κ2) is 4.77. The summed E-state index contributed by atoms with van der Waals surface area (Å²) < 4.78 is 0. The van der Waals surface area contributed by atoms with Gasteiger partial charge in [0.05, 0.1) is 6.42 Å². The van der Waals surface area contributed by atoms with E-state index in [1.807, 2.05) is 11.0 Å². The van der Waals surface area contributed by atoms with E-state index in [4.69, 9.17) is 0 Å². The molecule has 4 nitrogen and oxygen atoms in total. The van der Waals surface area contributed by atoms with Gasteiger partial charge in [-0.25, -0.2) is 0 Å². The molecule has 2 atom stereocenters. The Morgan fingerprint density at radius 3 is 2.95 bits per heavy atom. The Balaban J connectivity index is 1.75. The second-order valence-electron chi connectivity index (χ2n) is 6.53. The van der Waals surface area contributed by atoms with Gasteiger partial charge in [-0.3, -0.25) is 4.79 Å². The highest BCUT2D eigenvalue weighted by molar-refractivity contribution is 5.80. The van der Waals surface area contributed by atoms with Crippen LogP contribution in [0.1, 0.15) is 19.4 Å². The smallest absolute Gasteiger partial charge is 0.227 e. The number of phenolic OH excluding ortho intramolecular Hbond substituents is 1.